The molecule has 2 aliphatic heterocycles. The molecule has 0 aliphatic carbocycles. The van der Waals surface area contributed by atoms with Gasteiger partial charge in [-0.2, -0.15) is 0 Å². The van der Waals surface area contributed by atoms with Gasteiger partial charge in [-0.15, -0.1) is 0 Å². The maximum atomic E-state index is 11.6. The number of nitrogens with zero attached hydrogens (tertiary/aromatic N) is 3. The molecule has 1 unspecified atom stereocenters. The van der Waals surface area contributed by atoms with Crippen LogP contribution in [0.25, 0.3) is 11.0 Å². The van der Waals surface area contributed by atoms with Gasteiger partial charge in [-0.1, -0.05) is 6.07 Å². The molecule has 2 aliphatic rings. The van der Waals surface area contributed by atoms with Gasteiger partial charge < -0.3 is 15.6 Å². The quantitative estimate of drug-likeness (QED) is 0.871. The summed E-state index contributed by atoms with van der Waals surface area (Å²) in [6.07, 6.45) is 3.13. The molecule has 1 atom stereocenters. The molecule has 2 aromatic rings. The maximum Gasteiger partial charge on any atom is 0.250 e. The number of nitrogens with one attached hydrogen (secondary N) is 1. The highest BCUT2D eigenvalue weighted by Crippen LogP contribution is 2.31. The van der Waals surface area contributed by atoms with Gasteiger partial charge in [0.05, 0.1) is 11.1 Å². The first-order chi connectivity index (χ1) is 12.5. The van der Waals surface area contributed by atoms with Crippen molar-refractivity contribution in [3.63, 3.8) is 0 Å². The summed E-state index contributed by atoms with van der Waals surface area (Å²) in [4.78, 5) is 35.6. The topological polar surface area (TPSA) is 95.3 Å². The molecule has 2 saturated heterocycles. The van der Waals surface area contributed by atoms with Crippen LogP contribution in [0.15, 0.2) is 18.2 Å². The van der Waals surface area contributed by atoms with E-state index in [1.807, 2.05) is 17.0 Å². The number of imidazole rings is 1. The van der Waals surface area contributed by atoms with E-state index in [-0.39, 0.29) is 5.91 Å². The molecule has 1 aromatic carbocycles. The number of benzene rings is 1. The van der Waals surface area contributed by atoms with Crippen LogP contribution in [0.3, 0.4) is 0 Å². The summed E-state index contributed by atoms with van der Waals surface area (Å²) >= 11 is 0. The molecule has 26 heavy (non-hydrogen) atoms. The molecule has 1 aromatic heterocycles. The number of primary amides is 1. The summed E-state index contributed by atoms with van der Waals surface area (Å²) in [5.41, 5.74) is 7.47. The second kappa shape index (κ2) is 6.72. The highest BCUT2D eigenvalue weighted by atomic mass is 16.2. The first-order valence-corrected chi connectivity index (χ1v) is 9.31. The second-order valence-corrected chi connectivity index (χ2v) is 7.41. The van der Waals surface area contributed by atoms with Gasteiger partial charge in [0, 0.05) is 38.5 Å². The Labute approximate surface area is 152 Å². The summed E-state index contributed by atoms with van der Waals surface area (Å²) < 4.78 is 0. The predicted octanol–water partition coefficient (Wildman–Crippen LogP) is 1.46. The fraction of sp³-hybridized carbons (Fsp3) is 0.526. The molecule has 2 fully saturated rings. The van der Waals surface area contributed by atoms with E-state index in [1.165, 1.54) is 0 Å². The third-order valence-corrected chi connectivity index (χ3v) is 5.83. The number of nitrogens with two attached hydrogens (primary N) is 1. The van der Waals surface area contributed by atoms with Crippen molar-refractivity contribution in [1.82, 2.24) is 19.8 Å². The van der Waals surface area contributed by atoms with Gasteiger partial charge in [0.15, 0.2) is 0 Å². The second-order valence-electron chi connectivity index (χ2n) is 7.41. The van der Waals surface area contributed by atoms with E-state index >= 15 is 0 Å². The maximum absolute atomic E-state index is 11.6. The lowest BCUT2D eigenvalue weighted by atomic mass is 10.0. The third kappa shape index (κ3) is 3.07. The van der Waals surface area contributed by atoms with Gasteiger partial charge in [0.1, 0.15) is 11.3 Å². The first-order valence-electron chi connectivity index (χ1n) is 9.31. The molecule has 7 heteroatoms. The zero-order valence-electron chi connectivity index (χ0n) is 15.1. The number of amides is 2. The highest BCUT2D eigenvalue weighted by Gasteiger charge is 2.33. The SMILES string of the molecule is CC(=O)N1CCC(N2CCC(c3nc4c(C(N)=O)cccc4[nH]3)C2)CC1. The van der Waals surface area contributed by atoms with Crippen molar-refractivity contribution in [2.24, 2.45) is 5.73 Å². The minimum atomic E-state index is -0.445. The van der Waals surface area contributed by atoms with E-state index in [1.54, 1.807) is 13.0 Å². The minimum absolute atomic E-state index is 0.176. The number of H-pyrrole nitrogens is 1. The lowest BCUT2D eigenvalue weighted by Crippen LogP contribution is -2.45. The molecular formula is C19H25N5O2. The predicted molar refractivity (Wildman–Crippen MR) is 98.8 cm³/mol. The van der Waals surface area contributed by atoms with Crippen LogP contribution in [0, 0.1) is 0 Å². The van der Waals surface area contributed by atoms with E-state index in [9.17, 15) is 9.59 Å². The van der Waals surface area contributed by atoms with E-state index in [0.717, 1.165) is 56.8 Å². The third-order valence-electron chi connectivity index (χ3n) is 5.83. The number of fused-ring (bicyclic) bond motifs is 1. The number of para-hydroxylation sites is 1. The zero-order chi connectivity index (χ0) is 18.3. The molecule has 0 bridgehead atoms. The number of aromatic nitrogens is 2. The van der Waals surface area contributed by atoms with E-state index in [4.69, 9.17) is 10.7 Å². The van der Waals surface area contributed by atoms with Crippen molar-refractivity contribution in [3.8, 4) is 0 Å². The van der Waals surface area contributed by atoms with E-state index < -0.39 is 5.91 Å². The lowest BCUT2D eigenvalue weighted by Gasteiger charge is -2.36. The number of rotatable bonds is 3. The average molecular weight is 355 g/mol. The van der Waals surface area contributed by atoms with Crippen LogP contribution in [-0.2, 0) is 4.79 Å². The average Bonchev–Trinajstić information content (AvgIpc) is 3.28. The van der Waals surface area contributed by atoms with Crippen molar-refractivity contribution in [1.29, 1.82) is 0 Å². The number of carbonyl (C=O) groups is 2. The Bertz CT molecular complexity index is 838. The molecule has 3 N–H and O–H groups in total. The number of carbonyl (C=O) groups excluding carboxylic acids is 2. The molecule has 4 rings (SSSR count). The van der Waals surface area contributed by atoms with Crippen LogP contribution in [0.5, 0.6) is 0 Å². The molecule has 138 valence electrons. The summed E-state index contributed by atoms with van der Waals surface area (Å²) in [6.45, 7) is 5.38. The zero-order valence-corrected chi connectivity index (χ0v) is 15.1. The van der Waals surface area contributed by atoms with Crippen molar-refractivity contribution in [2.75, 3.05) is 26.2 Å². The Morgan fingerprint density at radius 3 is 2.65 bits per heavy atom. The largest absolute Gasteiger partial charge is 0.366 e. The van der Waals surface area contributed by atoms with Crippen LogP contribution in [0.2, 0.25) is 0 Å². The summed E-state index contributed by atoms with van der Waals surface area (Å²) in [5.74, 6) is 1.01. The molecule has 0 saturated carbocycles. The monoisotopic (exact) mass is 355 g/mol. The fourth-order valence-corrected chi connectivity index (χ4v) is 4.33. The van der Waals surface area contributed by atoms with Crippen LogP contribution in [-0.4, -0.2) is 63.8 Å². The summed E-state index contributed by atoms with van der Waals surface area (Å²) in [6, 6.07) is 6.02. The van der Waals surface area contributed by atoms with Crippen LogP contribution >= 0.6 is 0 Å². The Hall–Kier alpha value is -2.41. The normalized spacial score (nSPS) is 22.2. The van der Waals surface area contributed by atoms with Crippen molar-refractivity contribution >= 4 is 22.8 Å². The molecule has 2 amide bonds. The van der Waals surface area contributed by atoms with Gasteiger partial charge in [0.25, 0.3) is 5.91 Å². The van der Waals surface area contributed by atoms with E-state index in [0.29, 0.717) is 23.0 Å². The number of hydrogen-bond donors (Lipinski definition) is 2. The van der Waals surface area contributed by atoms with Gasteiger partial charge >= 0.3 is 0 Å². The van der Waals surface area contributed by atoms with Gasteiger partial charge in [-0.05, 0) is 37.9 Å². The van der Waals surface area contributed by atoms with Crippen LogP contribution < -0.4 is 5.73 Å². The molecule has 0 spiro atoms. The number of likely N-dealkylation sites (tertiary alicyclic amines) is 2. The Morgan fingerprint density at radius 1 is 1.19 bits per heavy atom. The van der Waals surface area contributed by atoms with Crippen molar-refractivity contribution in [3.05, 3.63) is 29.6 Å². The van der Waals surface area contributed by atoms with Crippen LogP contribution in [0.1, 0.15) is 48.3 Å². The summed E-state index contributed by atoms with van der Waals surface area (Å²) in [5, 5.41) is 0. The van der Waals surface area contributed by atoms with Crippen LogP contribution in [0.4, 0.5) is 0 Å². The van der Waals surface area contributed by atoms with E-state index in [2.05, 4.69) is 9.88 Å². The standard InChI is InChI=1S/C19H25N5O2/c1-12(25)23-9-6-14(7-10-23)24-8-5-13(11-24)19-21-16-4-2-3-15(18(20)26)17(16)22-19/h2-4,13-14H,5-11H2,1H3,(H2,20,26)(H,21,22). The Morgan fingerprint density at radius 2 is 1.96 bits per heavy atom. The fourth-order valence-electron chi connectivity index (χ4n) is 4.33. The van der Waals surface area contributed by atoms with Gasteiger partial charge in [0.2, 0.25) is 5.91 Å². The Kier molecular flexibility index (Phi) is 4.40. The number of aromatic amines is 1. The molecule has 3 heterocycles. The van der Waals surface area contributed by atoms with Gasteiger partial charge in [-0.3, -0.25) is 14.5 Å². The summed E-state index contributed by atoms with van der Waals surface area (Å²) in [7, 11) is 0. The highest BCUT2D eigenvalue weighted by molar-refractivity contribution is 6.04. The lowest BCUT2D eigenvalue weighted by molar-refractivity contribution is -0.130. The number of hydrogen-bond acceptors (Lipinski definition) is 4. The first kappa shape index (κ1) is 17.0. The molecule has 0 radical (unpaired) electrons. The van der Waals surface area contributed by atoms with Crippen molar-refractivity contribution < 1.29 is 9.59 Å². The minimum Gasteiger partial charge on any atom is -0.366 e. The molecular weight excluding hydrogens is 330 g/mol. The number of piperidine rings is 1. The molecule has 7 nitrogen and oxygen atoms in total. The Balaban J connectivity index is 1.46. The van der Waals surface area contributed by atoms with Gasteiger partial charge in [-0.25, -0.2) is 4.98 Å². The van der Waals surface area contributed by atoms with Crippen molar-refractivity contribution in [2.45, 2.75) is 38.1 Å². The smallest absolute Gasteiger partial charge is 0.250 e.